The van der Waals surface area contributed by atoms with Gasteiger partial charge in [-0.3, -0.25) is 29.0 Å². The number of aliphatic carboxylic acids is 1. The lowest BCUT2D eigenvalue weighted by Crippen LogP contribution is -2.61. The van der Waals surface area contributed by atoms with Crippen molar-refractivity contribution < 1.29 is 29.1 Å². The largest absolute Gasteiger partial charge is 0.481 e. The van der Waals surface area contributed by atoms with Crippen molar-refractivity contribution in [2.24, 2.45) is 22.4 Å². The van der Waals surface area contributed by atoms with Gasteiger partial charge in [-0.1, -0.05) is 91.0 Å². The summed E-state index contributed by atoms with van der Waals surface area (Å²) in [6.45, 7) is 0.0189. The molecule has 2 aliphatic rings. The number of benzene rings is 3. The topological polar surface area (TPSA) is 209 Å². The minimum absolute atomic E-state index is 0.0189. The summed E-state index contributed by atoms with van der Waals surface area (Å²) in [6, 6.07) is 24.5. The summed E-state index contributed by atoms with van der Waals surface area (Å²) in [5, 5.41) is 18.1. The lowest BCUT2D eigenvalue weighted by atomic mass is 9.86. The predicted molar refractivity (Wildman–Crippen MR) is 196 cm³/mol. The van der Waals surface area contributed by atoms with E-state index in [1.807, 2.05) is 91.0 Å². The van der Waals surface area contributed by atoms with Gasteiger partial charge >= 0.3 is 5.97 Å². The lowest BCUT2D eigenvalue weighted by molar-refractivity contribution is -0.147. The molecule has 5 rings (SSSR count). The number of amides is 4. The second-order valence-electron chi connectivity index (χ2n) is 13.5. The molecule has 0 radical (unpaired) electrons. The third kappa shape index (κ3) is 10.4. The van der Waals surface area contributed by atoms with E-state index in [0.717, 1.165) is 16.7 Å². The van der Waals surface area contributed by atoms with Crippen LogP contribution in [0.15, 0.2) is 96.0 Å². The van der Waals surface area contributed by atoms with E-state index in [9.17, 15) is 29.1 Å². The van der Waals surface area contributed by atoms with Crippen molar-refractivity contribution in [1.29, 1.82) is 0 Å². The fourth-order valence-electron chi connectivity index (χ4n) is 7.32. The van der Waals surface area contributed by atoms with Gasteiger partial charge in [0.15, 0.2) is 5.96 Å². The molecule has 0 aromatic heterocycles. The standard InChI is InChI=1S/C39H47N7O6/c40-39(41)42-19-18-30(36(50)43-29(24-35(48)49)21-26-12-6-2-7-13-26)45-37(51)33-23-28(20-25-10-4-1-5-11-25)32-17-16-31(38(52)46(32)33)44-34(47)22-27-14-8-3-9-15-27/h1-15,28-33H,16-24H2,(H,43,50)(H,44,47)(H,45,51)(H,48,49)(H4,40,41,42)/t28-,29+,30+,31?,32+,33+/m1/s1. The number of carboxylic acid groups (broad SMARTS) is 1. The van der Waals surface area contributed by atoms with Crippen LogP contribution in [0.2, 0.25) is 0 Å². The van der Waals surface area contributed by atoms with E-state index in [2.05, 4.69) is 20.9 Å². The Bertz CT molecular complexity index is 1720. The Morgan fingerprint density at radius 1 is 0.846 bits per heavy atom. The molecule has 6 atom stereocenters. The maximum atomic E-state index is 14.2. The zero-order valence-corrected chi connectivity index (χ0v) is 29.0. The van der Waals surface area contributed by atoms with Crippen LogP contribution < -0.4 is 27.4 Å². The number of rotatable bonds is 16. The van der Waals surface area contributed by atoms with Crippen LogP contribution in [0.1, 0.15) is 48.8 Å². The van der Waals surface area contributed by atoms with Crippen molar-refractivity contribution in [2.45, 2.75) is 81.6 Å². The van der Waals surface area contributed by atoms with Gasteiger partial charge in [0.2, 0.25) is 23.6 Å². The molecule has 2 fully saturated rings. The Morgan fingerprint density at radius 3 is 2.08 bits per heavy atom. The highest BCUT2D eigenvalue weighted by molar-refractivity contribution is 5.95. The predicted octanol–water partition coefficient (Wildman–Crippen LogP) is 1.69. The van der Waals surface area contributed by atoms with Crippen LogP contribution in [0.4, 0.5) is 0 Å². The summed E-state index contributed by atoms with van der Waals surface area (Å²) in [5.41, 5.74) is 13.8. The third-order valence-electron chi connectivity index (χ3n) is 9.69. The normalized spacial score (nSPS) is 20.5. The van der Waals surface area contributed by atoms with Crippen LogP contribution >= 0.6 is 0 Å². The number of nitrogens with one attached hydrogen (secondary N) is 3. The summed E-state index contributed by atoms with van der Waals surface area (Å²) in [5.74, 6) is -3.03. The molecule has 13 nitrogen and oxygen atoms in total. The summed E-state index contributed by atoms with van der Waals surface area (Å²) >= 11 is 0. The Balaban J connectivity index is 1.35. The SMILES string of the molecule is NC(N)=NCC[C@H](NC(=O)[C@@H]1C[C@@H](Cc2ccccc2)[C@@H]2CCC(NC(=O)Cc3ccccc3)C(=O)N12)C(=O)N[C@H](CC(=O)O)Cc1ccccc1. The monoisotopic (exact) mass is 709 g/mol. The molecular weight excluding hydrogens is 662 g/mol. The quantitative estimate of drug-likeness (QED) is 0.0950. The van der Waals surface area contributed by atoms with Crippen LogP contribution in [0.3, 0.4) is 0 Å². The average molecular weight is 710 g/mol. The van der Waals surface area contributed by atoms with E-state index in [4.69, 9.17) is 11.5 Å². The Hall–Kier alpha value is -5.72. The van der Waals surface area contributed by atoms with E-state index in [-0.39, 0.29) is 62.0 Å². The van der Waals surface area contributed by atoms with Gasteiger partial charge in [0, 0.05) is 18.6 Å². The molecule has 0 saturated carbocycles. The molecular formula is C39H47N7O6. The highest BCUT2D eigenvalue weighted by atomic mass is 16.4. The van der Waals surface area contributed by atoms with Gasteiger partial charge in [0.1, 0.15) is 18.1 Å². The number of hydrogen-bond acceptors (Lipinski definition) is 6. The second kappa shape index (κ2) is 18.0. The van der Waals surface area contributed by atoms with Crippen LogP contribution in [-0.4, -0.2) is 82.3 Å². The summed E-state index contributed by atoms with van der Waals surface area (Å²) < 4.78 is 0. The number of hydrogen-bond donors (Lipinski definition) is 6. The van der Waals surface area contributed by atoms with Crippen LogP contribution in [0, 0.1) is 5.92 Å². The van der Waals surface area contributed by atoms with Crippen LogP contribution in [0.5, 0.6) is 0 Å². The van der Waals surface area contributed by atoms with Gasteiger partial charge in [0.05, 0.1) is 12.8 Å². The van der Waals surface area contributed by atoms with E-state index in [1.165, 1.54) is 0 Å². The summed E-state index contributed by atoms with van der Waals surface area (Å²) in [4.78, 5) is 72.5. The van der Waals surface area contributed by atoms with Gasteiger partial charge in [-0.25, -0.2) is 0 Å². The molecule has 2 saturated heterocycles. The third-order valence-corrected chi connectivity index (χ3v) is 9.69. The molecule has 8 N–H and O–H groups in total. The zero-order chi connectivity index (χ0) is 37.0. The van der Waals surface area contributed by atoms with Crippen molar-refractivity contribution in [1.82, 2.24) is 20.9 Å². The number of guanidine groups is 1. The number of piperidine rings is 1. The molecule has 0 aliphatic carbocycles. The first-order valence-corrected chi connectivity index (χ1v) is 17.7. The highest BCUT2D eigenvalue weighted by Crippen LogP contribution is 2.39. The van der Waals surface area contributed by atoms with E-state index < -0.39 is 42.0 Å². The van der Waals surface area contributed by atoms with Gasteiger partial charge in [-0.2, -0.15) is 0 Å². The fraction of sp³-hybridized carbons (Fsp3) is 0.385. The molecule has 4 amide bonds. The average Bonchev–Trinajstić information content (AvgIpc) is 3.48. The maximum Gasteiger partial charge on any atom is 0.305 e. The summed E-state index contributed by atoms with van der Waals surface area (Å²) in [6.07, 6.45) is 2.11. The molecule has 3 aromatic carbocycles. The number of carboxylic acids is 1. The zero-order valence-electron chi connectivity index (χ0n) is 29.0. The summed E-state index contributed by atoms with van der Waals surface area (Å²) in [7, 11) is 0. The minimum atomic E-state index is -1.13. The van der Waals surface area contributed by atoms with Crippen LogP contribution in [-0.2, 0) is 43.2 Å². The maximum absolute atomic E-state index is 14.2. The van der Waals surface area contributed by atoms with Crippen molar-refractivity contribution in [3.63, 3.8) is 0 Å². The smallest absolute Gasteiger partial charge is 0.305 e. The molecule has 52 heavy (non-hydrogen) atoms. The molecule has 3 aromatic rings. The van der Waals surface area contributed by atoms with Crippen molar-refractivity contribution >= 4 is 35.6 Å². The molecule has 274 valence electrons. The highest BCUT2D eigenvalue weighted by Gasteiger charge is 2.51. The Labute approximate surface area is 303 Å². The molecule has 0 bridgehead atoms. The fourth-order valence-corrected chi connectivity index (χ4v) is 7.32. The first-order valence-electron chi connectivity index (χ1n) is 17.7. The van der Waals surface area contributed by atoms with E-state index in [0.29, 0.717) is 25.7 Å². The lowest BCUT2D eigenvalue weighted by Gasteiger charge is -2.39. The number of carbonyl (C=O) groups excluding carboxylic acids is 4. The Morgan fingerprint density at radius 2 is 1.46 bits per heavy atom. The first-order chi connectivity index (χ1) is 25.1. The van der Waals surface area contributed by atoms with Crippen LogP contribution in [0.25, 0.3) is 0 Å². The second-order valence-corrected chi connectivity index (χ2v) is 13.5. The van der Waals surface area contributed by atoms with E-state index in [1.54, 1.807) is 4.90 Å². The number of nitrogens with zero attached hydrogens (tertiary/aromatic N) is 2. The number of aliphatic imine (C=N–C) groups is 1. The Kier molecular flexibility index (Phi) is 13.0. The first kappa shape index (κ1) is 37.5. The minimum Gasteiger partial charge on any atom is -0.481 e. The van der Waals surface area contributed by atoms with Crippen molar-refractivity contribution in [2.75, 3.05) is 6.54 Å². The molecule has 13 heteroatoms. The van der Waals surface area contributed by atoms with E-state index >= 15 is 0 Å². The van der Waals surface area contributed by atoms with Crippen molar-refractivity contribution in [3.05, 3.63) is 108 Å². The van der Waals surface area contributed by atoms with Gasteiger partial charge < -0.3 is 37.4 Å². The number of nitrogens with two attached hydrogens (primary N) is 2. The molecule has 2 aliphatic heterocycles. The number of fused-ring (bicyclic) bond motifs is 1. The number of carbonyl (C=O) groups is 5. The molecule has 0 spiro atoms. The van der Waals surface area contributed by atoms with Crippen molar-refractivity contribution in [3.8, 4) is 0 Å². The molecule has 1 unspecified atom stereocenters. The molecule has 2 heterocycles. The van der Waals surface area contributed by atoms with Gasteiger partial charge in [0.25, 0.3) is 0 Å². The van der Waals surface area contributed by atoms with Gasteiger partial charge in [-0.05, 0) is 61.1 Å². The van der Waals surface area contributed by atoms with Gasteiger partial charge in [-0.15, -0.1) is 0 Å².